The van der Waals surface area contributed by atoms with Crippen molar-refractivity contribution >= 4 is 23.8 Å². The number of carbonyl (C=O) groups is 2. The van der Waals surface area contributed by atoms with Crippen molar-refractivity contribution in [3.8, 4) is 0 Å². The second-order valence-electron chi connectivity index (χ2n) is 16.4. The highest BCUT2D eigenvalue weighted by atomic mass is 32.2. The summed E-state index contributed by atoms with van der Waals surface area (Å²) in [4.78, 5) is 30.6. The van der Waals surface area contributed by atoms with Crippen LogP contribution in [0.4, 0.5) is 9.59 Å². The average molecular weight is 713 g/mol. The standard InChI is InChI=1S/C42H60N6O2S/c49-41(45-31-13-9-29(10-14-31)21-25-47-37-17-18-38(47)34-6-2-1-5-33(34)37)43-23-27-51-28-24-44-42(50)46-32-15-11-30(12-16-32)22-26-48-39-19-20-40(48)36-8-4-3-7-35(36)39/h1-8,29-32,37-40H,9-28H2,(H2,43,45,49)(H2,44,46,50). The molecule has 6 aliphatic rings. The Labute approximate surface area is 310 Å². The first-order valence-corrected chi connectivity index (χ1v) is 21.6. The highest BCUT2D eigenvalue weighted by molar-refractivity contribution is 7.99. The number of carbonyl (C=O) groups excluding carboxylic acids is 2. The average Bonchev–Trinajstić information content (AvgIpc) is 3.92. The van der Waals surface area contributed by atoms with Crippen LogP contribution in [0.1, 0.15) is 136 Å². The second-order valence-corrected chi connectivity index (χ2v) is 17.6. The summed E-state index contributed by atoms with van der Waals surface area (Å²) in [6.07, 6.45) is 17.1. The molecule has 4 fully saturated rings. The van der Waals surface area contributed by atoms with E-state index < -0.39 is 0 Å². The van der Waals surface area contributed by atoms with E-state index in [9.17, 15) is 9.59 Å². The largest absolute Gasteiger partial charge is 0.337 e. The maximum Gasteiger partial charge on any atom is 0.315 e. The van der Waals surface area contributed by atoms with Gasteiger partial charge in [-0.05, 0) is 137 Å². The maximum absolute atomic E-state index is 12.5. The fraction of sp³-hybridized carbons (Fsp3) is 0.667. The molecule has 0 aromatic heterocycles. The number of hydrogen-bond donors (Lipinski definition) is 4. The molecule has 51 heavy (non-hydrogen) atoms. The van der Waals surface area contributed by atoms with E-state index in [1.165, 1.54) is 77.3 Å². The minimum absolute atomic E-state index is 0.0357. The van der Waals surface area contributed by atoms with Gasteiger partial charge in [-0.2, -0.15) is 11.8 Å². The molecule has 2 aromatic carbocycles. The number of thioether (sulfide) groups is 1. The van der Waals surface area contributed by atoms with Gasteiger partial charge in [0.2, 0.25) is 0 Å². The fourth-order valence-electron chi connectivity index (χ4n) is 10.8. The third kappa shape index (κ3) is 8.11. The lowest BCUT2D eigenvalue weighted by Crippen LogP contribution is -2.44. The highest BCUT2D eigenvalue weighted by Gasteiger charge is 2.44. The third-order valence-electron chi connectivity index (χ3n) is 13.5. The lowest BCUT2D eigenvalue weighted by Gasteiger charge is -2.31. The maximum atomic E-state index is 12.5. The Morgan fingerprint density at radius 1 is 0.529 bits per heavy atom. The Bertz CT molecular complexity index is 1320. The molecule has 8 rings (SSSR count). The van der Waals surface area contributed by atoms with Crippen molar-refractivity contribution in [1.82, 2.24) is 31.1 Å². The van der Waals surface area contributed by atoms with E-state index in [2.05, 4.69) is 79.6 Å². The number of nitrogens with zero attached hydrogens (tertiary/aromatic N) is 2. The van der Waals surface area contributed by atoms with Crippen LogP contribution in [0.5, 0.6) is 0 Å². The predicted molar refractivity (Wildman–Crippen MR) is 207 cm³/mol. The molecule has 4 amide bonds. The van der Waals surface area contributed by atoms with Crippen molar-refractivity contribution in [2.24, 2.45) is 11.8 Å². The van der Waals surface area contributed by atoms with E-state index in [0.29, 0.717) is 49.3 Å². The zero-order chi connectivity index (χ0) is 34.6. The smallest absolute Gasteiger partial charge is 0.315 e. The van der Waals surface area contributed by atoms with Crippen molar-refractivity contribution < 1.29 is 9.59 Å². The number of rotatable bonds is 14. The minimum atomic E-state index is -0.0357. The van der Waals surface area contributed by atoms with E-state index in [0.717, 1.165) is 49.0 Å². The first kappa shape index (κ1) is 35.3. The number of nitrogens with one attached hydrogen (secondary N) is 4. The summed E-state index contributed by atoms with van der Waals surface area (Å²) in [6, 6.07) is 21.3. The van der Waals surface area contributed by atoms with Crippen molar-refractivity contribution in [3.63, 3.8) is 0 Å². The number of amides is 4. The summed E-state index contributed by atoms with van der Waals surface area (Å²) >= 11 is 1.77. The van der Waals surface area contributed by atoms with Crippen LogP contribution in [-0.2, 0) is 0 Å². The van der Waals surface area contributed by atoms with Crippen LogP contribution in [0.2, 0.25) is 0 Å². The summed E-state index contributed by atoms with van der Waals surface area (Å²) in [5.74, 6) is 3.25. The van der Waals surface area contributed by atoms with Crippen molar-refractivity contribution in [1.29, 1.82) is 0 Å². The van der Waals surface area contributed by atoms with Crippen LogP contribution in [0.15, 0.2) is 48.5 Å². The molecule has 9 heteroatoms. The molecule has 4 unspecified atom stereocenters. The van der Waals surface area contributed by atoms with Crippen LogP contribution < -0.4 is 21.3 Å². The molecule has 0 radical (unpaired) electrons. The second kappa shape index (κ2) is 16.5. The van der Waals surface area contributed by atoms with E-state index >= 15 is 0 Å². The number of fused-ring (bicyclic) bond motifs is 10. The highest BCUT2D eigenvalue weighted by Crippen LogP contribution is 2.54. The Morgan fingerprint density at radius 2 is 0.882 bits per heavy atom. The topological polar surface area (TPSA) is 88.7 Å². The molecular weight excluding hydrogens is 653 g/mol. The summed E-state index contributed by atoms with van der Waals surface area (Å²) in [6.45, 7) is 3.72. The molecule has 8 nitrogen and oxygen atoms in total. The van der Waals surface area contributed by atoms with Gasteiger partial charge in [0.1, 0.15) is 0 Å². The predicted octanol–water partition coefficient (Wildman–Crippen LogP) is 8.00. The number of hydrogen-bond acceptors (Lipinski definition) is 5. The van der Waals surface area contributed by atoms with E-state index in [-0.39, 0.29) is 12.1 Å². The Kier molecular flexibility index (Phi) is 11.4. The van der Waals surface area contributed by atoms with Crippen LogP contribution in [0.3, 0.4) is 0 Å². The van der Waals surface area contributed by atoms with Crippen LogP contribution in [0, 0.1) is 11.8 Å². The first-order valence-electron chi connectivity index (χ1n) is 20.5. The van der Waals surface area contributed by atoms with Crippen molar-refractivity contribution in [3.05, 3.63) is 70.8 Å². The molecule has 2 aliphatic carbocycles. The summed E-state index contributed by atoms with van der Waals surface area (Å²) in [7, 11) is 0. The summed E-state index contributed by atoms with van der Waals surface area (Å²) < 4.78 is 0. The first-order chi connectivity index (χ1) is 25.1. The minimum Gasteiger partial charge on any atom is -0.337 e. The van der Waals surface area contributed by atoms with Gasteiger partial charge >= 0.3 is 12.1 Å². The molecule has 2 saturated carbocycles. The van der Waals surface area contributed by atoms with Gasteiger partial charge in [-0.25, -0.2) is 9.59 Å². The zero-order valence-corrected chi connectivity index (χ0v) is 31.3. The van der Waals surface area contributed by atoms with Gasteiger partial charge in [-0.1, -0.05) is 48.5 Å². The van der Waals surface area contributed by atoms with Crippen LogP contribution >= 0.6 is 11.8 Å². The number of urea groups is 2. The fourth-order valence-corrected chi connectivity index (χ4v) is 11.5. The Hall–Kier alpha value is -2.75. The van der Waals surface area contributed by atoms with Crippen molar-refractivity contribution in [2.45, 2.75) is 126 Å². The SMILES string of the molecule is O=C(NCCSCCNC(=O)NC1CCC(CCN2C3CCC2c2ccccc23)CC1)NC1CCC(CCN2C3CCC2c2ccccc23)CC1. The van der Waals surface area contributed by atoms with Gasteiger partial charge < -0.3 is 21.3 Å². The Balaban J connectivity index is 0.617. The Morgan fingerprint density at radius 3 is 1.24 bits per heavy atom. The lowest BCUT2D eigenvalue weighted by molar-refractivity contribution is 0.185. The molecule has 0 spiro atoms. The van der Waals surface area contributed by atoms with E-state index in [4.69, 9.17) is 0 Å². The zero-order valence-electron chi connectivity index (χ0n) is 30.5. The van der Waals surface area contributed by atoms with E-state index in [1.807, 2.05) is 0 Å². The number of benzene rings is 2. The van der Waals surface area contributed by atoms with Gasteiger partial charge in [-0.15, -0.1) is 0 Å². The summed E-state index contributed by atoms with van der Waals surface area (Å²) in [5, 5.41) is 12.5. The molecule has 4 atom stereocenters. The third-order valence-corrected chi connectivity index (χ3v) is 14.5. The van der Waals surface area contributed by atoms with Crippen LogP contribution in [-0.4, -0.2) is 71.6 Å². The molecule has 2 aromatic rings. The summed E-state index contributed by atoms with van der Waals surface area (Å²) in [5.41, 5.74) is 6.32. The molecule has 4 N–H and O–H groups in total. The van der Waals surface area contributed by atoms with E-state index in [1.54, 1.807) is 34.0 Å². The molecule has 4 bridgehead atoms. The van der Waals surface area contributed by atoms with Crippen molar-refractivity contribution in [2.75, 3.05) is 37.7 Å². The van der Waals surface area contributed by atoms with Crippen LogP contribution in [0.25, 0.3) is 0 Å². The monoisotopic (exact) mass is 712 g/mol. The molecule has 4 heterocycles. The van der Waals surface area contributed by atoms with Gasteiger partial charge in [0, 0.05) is 60.8 Å². The lowest BCUT2D eigenvalue weighted by atomic mass is 9.84. The molecule has 276 valence electrons. The quantitative estimate of drug-likeness (QED) is 0.149. The van der Waals surface area contributed by atoms with Gasteiger partial charge in [0.15, 0.2) is 0 Å². The van der Waals surface area contributed by atoms with Gasteiger partial charge in [-0.3, -0.25) is 9.80 Å². The molecule has 2 saturated heterocycles. The normalized spacial score (nSPS) is 30.9. The van der Waals surface area contributed by atoms with Gasteiger partial charge in [0.05, 0.1) is 0 Å². The molecular formula is C42H60N6O2S. The molecule has 4 aliphatic heterocycles. The van der Waals surface area contributed by atoms with Gasteiger partial charge in [0.25, 0.3) is 0 Å².